The third kappa shape index (κ3) is 2.97. The van der Waals surface area contributed by atoms with E-state index in [1.165, 1.54) is 11.3 Å². The predicted octanol–water partition coefficient (Wildman–Crippen LogP) is 4.07. The Morgan fingerprint density at radius 2 is 2.25 bits per heavy atom. The van der Waals surface area contributed by atoms with Gasteiger partial charge >= 0.3 is 0 Å². The average Bonchev–Trinajstić information content (AvgIpc) is 2.74. The van der Waals surface area contributed by atoms with Gasteiger partial charge in [0.15, 0.2) is 0 Å². The molecule has 0 radical (unpaired) electrons. The van der Waals surface area contributed by atoms with Crippen LogP contribution in [0, 0.1) is 0 Å². The van der Waals surface area contributed by atoms with Crippen LogP contribution in [0.25, 0.3) is 10.1 Å². The molecule has 0 aliphatic carbocycles. The molecular formula is C14H17BrN2OS2. The quantitative estimate of drug-likeness (QED) is 0.879. The number of hydrogen-bond acceptors (Lipinski definition) is 4. The molecule has 0 bridgehead atoms. The topological polar surface area (TPSA) is 46.3 Å². The predicted molar refractivity (Wildman–Crippen MR) is 93.9 cm³/mol. The highest BCUT2D eigenvalue weighted by Crippen LogP contribution is 2.36. The normalized spacial score (nSPS) is 12.6. The molecule has 1 aromatic heterocycles. The number of nitrogens with zero attached hydrogens (tertiary/aromatic N) is 1. The molecule has 2 N–H and O–H groups in total. The fourth-order valence-electron chi connectivity index (χ4n) is 1.96. The number of anilines is 1. The van der Waals surface area contributed by atoms with Crippen molar-refractivity contribution in [2.24, 2.45) is 0 Å². The van der Waals surface area contributed by atoms with E-state index in [1.54, 1.807) is 16.7 Å². The van der Waals surface area contributed by atoms with Gasteiger partial charge in [0.25, 0.3) is 5.91 Å². The zero-order valence-electron chi connectivity index (χ0n) is 11.6. The molecule has 0 aliphatic heterocycles. The summed E-state index contributed by atoms with van der Waals surface area (Å²) in [6.07, 6.45) is 2.04. The Morgan fingerprint density at radius 3 is 2.90 bits per heavy atom. The van der Waals surface area contributed by atoms with Gasteiger partial charge in [-0.15, -0.1) is 11.3 Å². The van der Waals surface area contributed by atoms with E-state index in [4.69, 9.17) is 5.73 Å². The van der Waals surface area contributed by atoms with E-state index in [0.717, 1.165) is 20.3 Å². The summed E-state index contributed by atoms with van der Waals surface area (Å²) in [5.41, 5.74) is 6.73. The van der Waals surface area contributed by atoms with Crippen LogP contribution in [0.1, 0.15) is 16.6 Å². The molecule has 1 aromatic carbocycles. The number of amides is 1. The van der Waals surface area contributed by atoms with Crippen molar-refractivity contribution in [1.82, 2.24) is 4.90 Å². The number of halogens is 1. The fraction of sp³-hybridized carbons (Fsp3) is 0.357. The smallest absolute Gasteiger partial charge is 0.266 e. The van der Waals surface area contributed by atoms with E-state index in [9.17, 15) is 4.79 Å². The van der Waals surface area contributed by atoms with E-state index >= 15 is 0 Å². The van der Waals surface area contributed by atoms with E-state index < -0.39 is 0 Å². The third-order valence-corrected chi connectivity index (χ3v) is 5.74. The molecule has 6 heteroatoms. The lowest BCUT2D eigenvalue weighted by Gasteiger charge is -2.23. The minimum atomic E-state index is 0.00127. The van der Waals surface area contributed by atoms with Crippen LogP contribution >= 0.6 is 39.0 Å². The van der Waals surface area contributed by atoms with E-state index in [-0.39, 0.29) is 11.9 Å². The molecule has 1 amide bonds. The molecular weight excluding hydrogens is 356 g/mol. The van der Waals surface area contributed by atoms with Gasteiger partial charge in [0, 0.05) is 33.4 Å². The number of nitrogen functional groups attached to an aromatic ring is 1. The van der Waals surface area contributed by atoms with Gasteiger partial charge in [0.2, 0.25) is 0 Å². The number of nitrogens with two attached hydrogens (primary N) is 1. The van der Waals surface area contributed by atoms with Crippen molar-refractivity contribution in [3.05, 3.63) is 27.5 Å². The van der Waals surface area contributed by atoms with Crippen molar-refractivity contribution in [1.29, 1.82) is 0 Å². The minimum absolute atomic E-state index is 0.00127. The highest BCUT2D eigenvalue weighted by atomic mass is 79.9. The Hall–Kier alpha value is -0.720. The SMILES string of the molecule is CSCC(C)N(C)C(=O)c1sc2cc(Br)ccc2c1N. The molecule has 108 valence electrons. The van der Waals surface area contributed by atoms with Crippen molar-refractivity contribution in [3.63, 3.8) is 0 Å². The molecule has 0 aliphatic rings. The molecule has 0 spiro atoms. The maximum Gasteiger partial charge on any atom is 0.266 e. The number of thiophene rings is 1. The lowest BCUT2D eigenvalue weighted by molar-refractivity contribution is 0.0763. The van der Waals surface area contributed by atoms with Crippen LogP contribution in [-0.2, 0) is 0 Å². The van der Waals surface area contributed by atoms with E-state index in [0.29, 0.717) is 10.6 Å². The summed E-state index contributed by atoms with van der Waals surface area (Å²) < 4.78 is 2.03. The first-order chi connectivity index (χ1) is 9.45. The zero-order chi connectivity index (χ0) is 14.9. The summed E-state index contributed by atoms with van der Waals surface area (Å²) in [4.78, 5) is 15.0. The summed E-state index contributed by atoms with van der Waals surface area (Å²) in [6.45, 7) is 2.05. The van der Waals surface area contributed by atoms with E-state index in [2.05, 4.69) is 22.9 Å². The first-order valence-corrected chi connectivity index (χ1v) is 9.19. The molecule has 2 rings (SSSR count). The van der Waals surface area contributed by atoms with Crippen LogP contribution in [0.15, 0.2) is 22.7 Å². The van der Waals surface area contributed by atoms with Crippen molar-refractivity contribution in [2.75, 3.05) is 24.8 Å². The number of benzene rings is 1. The second-order valence-electron chi connectivity index (χ2n) is 4.71. The van der Waals surface area contributed by atoms with Gasteiger partial charge in [-0.2, -0.15) is 11.8 Å². The number of hydrogen-bond donors (Lipinski definition) is 1. The van der Waals surface area contributed by atoms with Gasteiger partial charge < -0.3 is 10.6 Å². The Balaban J connectivity index is 2.37. The Morgan fingerprint density at radius 1 is 1.55 bits per heavy atom. The molecule has 1 heterocycles. The Labute approximate surface area is 135 Å². The van der Waals surface area contributed by atoms with Gasteiger partial charge in [0.1, 0.15) is 4.88 Å². The number of thioether (sulfide) groups is 1. The van der Waals surface area contributed by atoms with Crippen LogP contribution < -0.4 is 5.73 Å². The second-order valence-corrected chi connectivity index (χ2v) is 7.58. The lowest BCUT2D eigenvalue weighted by atomic mass is 10.2. The van der Waals surface area contributed by atoms with Crippen molar-refractivity contribution < 1.29 is 4.79 Å². The summed E-state index contributed by atoms with van der Waals surface area (Å²) in [5.74, 6) is 0.917. The number of carbonyl (C=O) groups is 1. The number of rotatable bonds is 4. The van der Waals surface area contributed by atoms with Gasteiger partial charge in [-0.05, 0) is 25.3 Å². The lowest BCUT2D eigenvalue weighted by Crippen LogP contribution is -2.36. The maximum absolute atomic E-state index is 12.6. The molecule has 0 saturated heterocycles. The van der Waals surface area contributed by atoms with Crippen molar-refractivity contribution in [2.45, 2.75) is 13.0 Å². The number of fused-ring (bicyclic) bond motifs is 1. The largest absolute Gasteiger partial charge is 0.397 e. The molecule has 3 nitrogen and oxygen atoms in total. The van der Waals surface area contributed by atoms with Gasteiger partial charge in [-0.25, -0.2) is 0 Å². The monoisotopic (exact) mass is 372 g/mol. The van der Waals surface area contributed by atoms with Gasteiger partial charge in [-0.1, -0.05) is 22.0 Å². The summed E-state index contributed by atoms with van der Waals surface area (Å²) in [7, 11) is 1.84. The third-order valence-electron chi connectivity index (χ3n) is 3.27. The molecule has 1 unspecified atom stereocenters. The Kier molecular flexibility index (Phi) is 4.99. The first-order valence-electron chi connectivity index (χ1n) is 6.19. The molecule has 1 atom stereocenters. The second kappa shape index (κ2) is 6.37. The molecule has 0 saturated carbocycles. The molecule has 20 heavy (non-hydrogen) atoms. The highest BCUT2D eigenvalue weighted by Gasteiger charge is 2.22. The first kappa shape index (κ1) is 15.7. The standard InChI is InChI=1S/C14H17BrN2OS2/c1-8(7-19-3)17(2)14(18)13-12(16)10-5-4-9(15)6-11(10)20-13/h4-6,8H,7,16H2,1-3H3. The van der Waals surface area contributed by atoms with Crippen LogP contribution in [0.4, 0.5) is 5.69 Å². The van der Waals surface area contributed by atoms with Gasteiger partial charge in [-0.3, -0.25) is 4.79 Å². The summed E-state index contributed by atoms with van der Waals surface area (Å²) in [6, 6.07) is 6.08. The van der Waals surface area contributed by atoms with Crippen LogP contribution in [-0.4, -0.2) is 35.9 Å². The van der Waals surface area contributed by atoms with Crippen LogP contribution in [0.2, 0.25) is 0 Å². The van der Waals surface area contributed by atoms with Crippen molar-refractivity contribution >= 4 is 60.7 Å². The van der Waals surface area contributed by atoms with Gasteiger partial charge in [0.05, 0.1) is 5.69 Å². The molecule has 0 fully saturated rings. The zero-order valence-corrected chi connectivity index (χ0v) is 14.9. The summed E-state index contributed by atoms with van der Waals surface area (Å²) >= 11 is 6.63. The van der Waals surface area contributed by atoms with Crippen LogP contribution in [0.5, 0.6) is 0 Å². The van der Waals surface area contributed by atoms with Crippen molar-refractivity contribution in [3.8, 4) is 0 Å². The molecule has 2 aromatic rings. The number of carbonyl (C=O) groups excluding carboxylic acids is 1. The fourth-order valence-corrected chi connectivity index (χ4v) is 4.33. The Bertz CT molecular complexity index is 641. The minimum Gasteiger partial charge on any atom is -0.397 e. The average molecular weight is 373 g/mol. The maximum atomic E-state index is 12.6. The van der Waals surface area contributed by atoms with E-state index in [1.807, 2.05) is 31.5 Å². The highest BCUT2D eigenvalue weighted by molar-refractivity contribution is 9.10. The summed E-state index contributed by atoms with van der Waals surface area (Å²) in [5, 5.41) is 0.951. The van der Waals surface area contributed by atoms with Crippen LogP contribution in [0.3, 0.4) is 0 Å².